The van der Waals surface area contributed by atoms with Crippen LogP contribution in [0.15, 0.2) is 24.3 Å². The molecule has 0 aliphatic heterocycles. The van der Waals surface area contributed by atoms with Crippen molar-refractivity contribution in [2.24, 2.45) is 0 Å². The van der Waals surface area contributed by atoms with Gasteiger partial charge in [-0.1, -0.05) is 11.6 Å². The highest BCUT2D eigenvalue weighted by atomic mass is 35.5. The van der Waals surface area contributed by atoms with Gasteiger partial charge in [-0.2, -0.15) is 0 Å². The monoisotopic (exact) mass is 286 g/mol. The number of methoxy groups -OCH3 is 1. The summed E-state index contributed by atoms with van der Waals surface area (Å²) in [5, 5.41) is 0.609. The minimum Gasteiger partial charge on any atom is -0.469 e. The Kier molecular flexibility index (Phi) is 7.16. The van der Waals surface area contributed by atoms with Crippen molar-refractivity contribution >= 4 is 23.5 Å². The first-order valence-corrected chi connectivity index (χ1v) is 6.07. The molecule has 0 N–H and O–H groups in total. The van der Waals surface area contributed by atoms with Gasteiger partial charge in [0.2, 0.25) is 0 Å². The van der Waals surface area contributed by atoms with Crippen LogP contribution in [0.1, 0.15) is 38.1 Å². The van der Waals surface area contributed by atoms with Crippen molar-refractivity contribution in [1.29, 1.82) is 0 Å². The third-order valence-corrected chi connectivity index (χ3v) is 2.02. The van der Waals surface area contributed by atoms with Gasteiger partial charge in [0.15, 0.2) is 0 Å². The van der Waals surface area contributed by atoms with Crippen LogP contribution in [0.2, 0.25) is 5.02 Å². The van der Waals surface area contributed by atoms with Gasteiger partial charge in [0, 0.05) is 11.9 Å². The van der Waals surface area contributed by atoms with Crippen molar-refractivity contribution in [2.75, 3.05) is 7.11 Å². The Bertz CT molecular complexity index is 418. The topological polar surface area (TPSA) is 52.6 Å². The zero-order valence-electron chi connectivity index (χ0n) is 11.8. The van der Waals surface area contributed by atoms with Crippen LogP contribution in [-0.4, -0.2) is 24.6 Å². The first kappa shape index (κ1) is 17.4. The summed E-state index contributed by atoms with van der Waals surface area (Å²) >= 11 is 5.70. The van der Waals surface area contributed by atoms with Gasteiger partial charge in [0.05, 0.1) is 12.7 Å². The Labute approximate surface area is 118 Å². The molecule has 106 valence electrons. The predicted octanol–water partition coefficient (Wildman–Crippen LogP) is 3.47. The molecule has 0 aliphatic carbocycles. The summed E-state index contributed by atoms with van der Waals surface area (Å²) in [6.45, 7) is 6.86. The van der Waals surface area contributed by atoms with E-state index in [2.05, 4.69) is 4.74 Å². The highest BCUT2D eigenvalue weighted by molar-refractivity contribution is 6.30. The maximum atomic E-state index is 11.5. The van der Waals surface area contributed by atoms with E-state index < -0.39 is 5.60 Å². The molecule has 0 amide bonds. The summed E-state index contributed by atoms with van der Waals surface area (Å²) in [5.74, 6) is -0.570. The van der Waals surface area contributed by atoms with Crippen LogP contribution in [0.5, 0.6) is 0 Å². The van der Waals surface area contributed by atoms with Crippen molar-refractivity contribution in [3.8, 4) is 0 Å². The van der Waals surface area contributed by atoms with Crippen molar-refractivity contribution in [2.45, 2.75) is 33.3 Å². The number of benzene rings is 1. The maximum absolute atomic E-state index is 11.5. The molecule has 0 saturated carbocycles. The summed E-state index contributed by atoms with van der Waals surface area (Å²) in [7, 11) is 1.35. The van der Waals surface area contributed by atoms with Crippen LogP contribution in [0, 0.1) is 0 Å². The van der Waals surface area contributed by atoms with Crippen molar-refractivity contribution in [3.63, 3.8) is 0 Å². The Balaban J connectivity index is 0.000000555. The number of hydrogen-bond donors (Lipinski definition) is 0. The quantitative estimate of drug-likeness (QED) is 0.742. The number of rotatable bonds is 1. The van der Waals surface area contributed by atoms with E-state index in [4.69, 9.17) is 16.3 Å². The molecule has 0 saturated heterocycles. The van der Waals surface area contributed by atoms with Gasteiger partial charge in [-0.25, -0.2) is 4.79 Å². The molecule has 0 heterocycles. The minimum atomic E-state index is -0.462. The van der Waals surface area contributed by atoms with Gasteiger partial charge in [-0.05, 0) is 45.0 Å². The van der Waals surface area contributed by atoms with Crippen molar-refractivity contribution in [3.05, 3.63) is 34.9 Å². The van der Waals surface area contributed by atoms with Crippen LogP contribution >= 0.6 is 11.6 Å². The molecule has 0 spiro atoms. The largest absolute Gasteiger partial charge is 0.469 e. The third-order valence-electron chi connectivity index (χ3n) is 1.77. The zero-order chi connectivity index (χ0) is 15.1. The van der Waals surface area contributed by atoms with Gasteiger partial charge >= 0.3 is 11.9 Å². The number of carbonyl (C=O) groups excluding carboxylic acids is 2. The molecule has 0 fully saturated rings. The van der Waals surface area contributed by atoms with E-state index in [1.165, 1.54) is 14.0 Å². The van der Waals surface area contributed by atoms with Gasteiger partial charge in [-0.3, -0.25) is 4.79 Å². The van der Waals surface area contributed by atoms with E-state index in [1.807, 2.05) is 20.8 Å². The number of hydrogen-bond acceptors (Lipinski definition) is 4. The molecule has 1 aromatic rings. The molecule has 0 bridgehead atoms. The summed E-state index contributed by atoms with van der Waals surface area (Å²) < 4.78 is 9.29. The zero-order valence-corrected chi connectivity index (χ0v) is 12.6. The highest BCUT2D eigenvalue weighted by Crippen LogP contribution is 2.14. The van der Waals surface area contributed by atoms with Crippen molar-refractivity contribution in [1.82, 2.24) is 0 Å². The van der Waals surface area contributed by atoms with Crippen molar-refractivity contribution < 1.29 is 19.1 Å². The summed E-state index contributed by atoms with van der Waals surface area (Å²) in [6, 6.07) is 6.63. The normalized spacial score (nSPS) is 10.0. The first-order chi connectivity index (χ1) is 8.65. The minimum absolute atomic E-state index is 0.245. The van der Waals surface area contributed by atoms with E-state index in [9.17, 15) is 9.59 Å². The van der Waals surface area contributed by atoms with E-state index in [0.717, 1.165) is 0 Å². The van der Waals surface area contributed by atoms with Gasteiger partial charge in [-0.15, -0.1) is 0 Å². The Morgan fingerprint density at radius 2 is 1.53 bits per heavy atom. The molecule has 0 atom stereocenters. The summed E-state index contributed by atoms with van der Waals surface area (Å²) in [4.78, 5) is 21.1. The molecule has 0 aromatic heterocycles. The first-order valence-electron chi connectivity index (χ1n) is 5.69. The Morgan fingerprint density at radius 3 is 1.84 bits per heavy atom. The molecule has 19 heavy (non-hydrogen) atoms. The van der Waals surface area contributed by atoms with Crippen LogP contribution in [-0.2, 0) is 14.3 Å². The second-order valence-corrected chi connectivity index (χ2v) is 5.14. The number of esters is 2. The third kappa shape index (κ3) is 9.08. The molecule has 0 unspecified atom stereocenters. The standard InChI is InChI=1S/C11H13ClO2.C3H6O2/c1-11(2,3)14-10(13)8-4-6-9(12)7-5-8;1-3(4)5-2/h4-7H,1-3H3;1-2H3. The van der Waals surface area contributed by atoms with Gasteiger partial charge in [0.25, 0.3) is 0 Å². The molecule has 1 rings (SSSR count). The average Bonchev–Trinajstić information content (AvgIpc) is 2.28. The molecular weight excluding hydrogens is 268 g/mol. The van der Waals surface area contributed by atoms with Crippen LogP contribution in [0.4, 0.5) is 0 Å². The van der Waals surface area contributed by atoms with Crippen LogP contribution in [0.3, 0.4) is 0 Å². The molecule has 5 heteroatoms. The molecular formula is C14H19ClO4. The second-order valence-electron chi connectivity index (χ2n) is 4.70. The smallest absolute Gasteiger partial charge is 0.338 e. The predicted molar refractivity (Wildman–Crippen MR) is 74.3 cm³/mol. The SMILES string of the molecule is CC(C)(C)OC(=O)c1ccc(Cl)cc1.COC(C)=O. The average molecular weight is 287 g/mol. The van der Waals surface area contributed by atoms with Crippen LogP contribution in [0.25, 0.3) is 0 Å². The molecule has 0 radical (unpaired) electrons. The van der Waals surface area contributed by atoms with E-state index in [0.29, 0.717) is 10.6 Å². The summed E-state index contributed by atoms with van der Waals surface area (Å²) in [6.07, 6.45) is 0. The Hall–Kier alpha value is -1.55. The molecule has 4 nitrogen and oxygen atoms in total. The number of halogens is 1. The fourth-order valence-electron chi connectivity index (χ4n) is 0.923. The van der Waals surface area contributed by atoms with E-state index >= 15 is 0 Å². The Morgan fingerprint density at radius 1 is 1.11 bits per heavy atom. The maximum Gasteiger partial charge on any atom is 0.338 e. The lowest BCUT2D eigenvalue weighted by atomic mass is 10.2. The summed E-state index contributed by atoms with van der Waals surface area (Å²) in [5.41, 5.74) is 0.0563. The lowest BCUT2D eigenvalue weighted by Gasteiger charge is -2.19. The second kappa shape index (κ2) is 7.79. The molecule has 1 aromatic carbocycles. The fraction of sp³-hybridized carbons (Fsp3) is 0.429. The van der Waals surface area contributed by atoms with E-state index in [1.54, 1.807) is 24.3 Å². The van der Waals surface area contributed by atoms with Crippen LogP contribution < -0.4 is 0 Å². The number of ether oxygens (including phenoxy) is 2. The fourth-order valence-corrected chi connectivity index (χ4v) is 1.05. The van der Waals surface area contributed by atoms with Gasteiger partial charge in [0.1, 0.15) is 5.60 Å². The van der Waals surface area contributed by atoms with Gasteiger partial charge < -0.3 is 9.47 Å². The highest BCUT2D eigenvalue weighted by Gasteiger charge is 2.17. The lowest BCUT2D eigenvalue weighted by Crippen LogP contribution is -2.23. The number of carbonyl (C=O) groups is 2. The van der Waals surface area contributed by atoms with E-state index in [-0.39, 0.29) is 11.9 Å². The lowest BCUT2D eigenvalue weighted by molar-refractivity contribution is -0.137. The molecule has 0 aliphatic rings.